The first kappa shape index (κ1) is 15.3. The van der Waals surface area contributed by atoms with Gasteiger partial charge in [-0.15, -0.1) is 8.78 Å². The van der Waals surface area contributed by atoms with Gasteiger partial charge in [0.05, 0.1) is 6.42 Å². The van der Waals surface area contributed by atoms with Gasteiger partial charge in [-0.1, -0.05) is 36.4 Å². The summed E-state index contributed by atoms with van der Waals surface area (Å²) in [5.74, 6) is -0.386. The lowest BCUT2D eigenvalue weighted by molar-refractivity contribution is -0.115. The molecule has 3 nitrogen and oxygen atoms in total. The van der Waals surface area contributed by atoms with Gasteiger partial charge >= 0.3 is 5.57 Å². The van der Waals surface area contributed by atoms with E-state index in [1.54, 1.807) is 6.07 Å². The minimum atomic E-state index is -3.79. The smallest absolute Gasteiger partial charge is 0.420 e. The Morgan fingerprint density at radius 1 is 1.14 bits per heavy atom. The van der Waals surface area contributed by atoms with E-state index in [-0.39, 0.29) is 18.1 Å². The van der Waals surface area contributed by atoms with Crippen molar-refractivity contribution in [3.8, 4) is 5.75 Å². The number of halogens is 3. The molecule has 0 aliphatic rings. The number of anilines is 1. The van der Waals surface area contributed by atoms with E-state index >= 15 is 0 Å². The number of carbonyl (C=O) groups excluding carboxylic acids is 1. The molecular weight excluding hydrogens is 300 g/mol. The van der Waals surface area contributed by atoms with Crippen molar-refractivity contribution in [2.24, 2.45) is 0 Å². The van der Waals surface area contributed by atoms with Crippen molar-refractivity contribution in [3.63, 3.8) is 0 Å². The van der Waals surface area contributed by atoms with Gasteiger partial charge < -0.3 is 10.1 Å². The topological polar surface area (TPSA) is 38.3 Å². The van der Waals surface area contributed by atoms with Crippen LogP contribution in [-0.4, -0.2) is 11.5 Å². The van der Waals surface area contributed by atoms with Gasteiger partial charge in [-0.25, -0.2) is 0 Å². The highest BCUT2D eigenvalue weighted by atomic mass is 35.5. The minimum Gasteiger partial charge on any atom is -0.420 e. The van der Waals surface area contributed by atoms with Crippen molar-refractivity contribution in [2.75, 3.05) is 5.32 Å². The first-order chi connectivity index (χ1) is 9.92. The van der Waals surface area contributed by atoms with Gasteiger partial charge in [-0.2, -0.15) is 0 Å². The van der Waals surface area contributed by atoms with Crippen LogP contribution in [0.1, 0.15) is 5.56 Å². The highest BCUT2D eigenvalue weighted by molar-refractivity contribution is 6.20. The molecule has 2 aromatic carbocycles. The van der Waals surface area contributed by atoms with E-state index in [0.29, 0.717) is 5.69 Å². The Bertz CT molecular complexity index is 615. The Hall–Kier alpha value is -2.14. The van der Waals surface area contributed by atoms with Crippen molar-refractivity contribution in [1.82, 2.24) is 0 Å². The van der Waals surface area contributed by atoms with Gasteiger partial charge in [-0.05, 0) is 17.7 Å². The van der Waals surface area contributed by atoms with Gasteiger partial charge in [-0.3, -0.25) is 4.79 Å². The largest absolute Gasteiger partial charge is 0.487 e. The molecule has 0 aliphatic heterocycles. The molecule has 0 aliphatic carbocycles. The number of amides is 1. The van der Waals surface area contributed by atoms with Crippen LogP contribution < -0.4 is 10.1 Å². The fourth-order valence-electron chi connectivity index (χ4n) is 1.76. The zero-order chi connectivity index (χ0) is 15.3. The molecule has 1 N–H and O–H groups in total. The number of benzene rings is 2. The van der Waals surface area contributed by atoms with Crippen LogP contribution in [0.4, 0.5) is 14.5 Å². The molecule has 0 atom stereocenters. The van der Waals surface area contributed by atoms with Crippen LogP contribution in [0.2, 0.25) is 0 Å². The second-order valence-corrected chi connectivity index (χ2v) is 4.73. The van der Waals surface area contributed by atoms with Crippen LogP contribution in [0.25, 0.3) is 0 Å². The molecule has 0 unspecified atom stereocenters. The van der Waals surface area contributed by atoms with E-state index in [1.165, 1.54) is 18.2 Å². The number of hydrogen-bond acceptors (Lipinski definition) is 2. The monoisotopic (exact) mass is 311 g/mol. The average Bonchev–Trinajstić information content (AvgIpc) is 2.38. The normalized spacial score (nSPS) is 11.0. The fourth-order valence-corrected chi connectivity index (χ4v) is 1.85. The second kappa shape index (κ2) is 6.54. The predicted octanol–water partition coefficient (Wildman–Crippen LogP) is 4.04. The molecule has 0 saturated heterocycles. The van der Waals surface area contributed by atoms with E-state index in [2.05, 4.69) is 10.1 Å². The summed E-state index contributed by atoms with van der Waals surface area (Å²) >= 11 is 4.69. The third-order valence-corrected chi connectivity index (χ3v) is 2.64. The molecule has 0 bridgehead atoms. The highest BCUT2D eigenvalue weighted by Crippen LogP contribution is 2.26. The van der Waals surface area contributed by atoms with Crippen molar-refractivity contribution in [3.05, 3.63) is 60.2 Å². The first-order valence-corrected chi connectivity index (χ1v) is 6.50. The number of nitrogens with one attached hydrogen (secondary N) is 1. The Morgan fingerprint density at radius 2 is 1.86 bits per heavy atom. The third kappa shape index (κ3) is 5.39. The Kier molecular flexibility index (Phi) is 4.75. The zero-order valence-corrected chi connectivity index (χ0v) is 11.6. The quantitative estimate of drug-likeness (QED) is 0.846. The molecule has 6 heteroatoms. The van der Waals surface area contributed by atoms with Gasteiger partial charge in [0, 0.05) is 23.4 Å². The van der Waals surface area contributed by atoms with E-state index in [0.717, 1.165) is 5.56 Å². The number of carbonyl (C=O) groups is 1. The number of hydrogen-bond donors (Lipinski definition) is 1. The number of alkyl halides is 3. The Morgan fingerprint density at radius 3 is 2.52 bits per heavy atom. The summed E-state index contributed by atoms with van der Waals surface area (Å²) < 4.78 is 29.3. The number of ether oxygens (including phenoxy) is 1. The lowest BCUT2D eigenvalue weighted by atomic mass is 10.1. The zero-order valence-electron chi connectivity index (χ0n) is 10.9. The molecule has 2 rings (SSSR count). The van der Waals surface area contributed by atoms with E-state index in [1.807, 2.05) is 30.3 Å². The fraction of sp³-hybridized carbons (Fsp3) is 0.133. The molecule has 0 spiro atoms. The van der Waals surface area contributed by atoms with Crippen LogP contribution in [0.3, 0.4) is 0 Å². The van der Waals surface area contributed by atoms with Gasteiger partial charge in [0.1, 0.15) is 5.75 Å². The Labute approximate surface area is 125 Å². The van der Waals surface area contributed by atoms with Gasteiger partial charge in [0.2, 0.25) is 5.91 Å². The van der Waals surface area contributed by atoms with Crippen molar-refractivity contribution < 1.29 is 18.3 Å². The van der Waals surface area contributed by atoms with E-state index in [9.17, 15) is 13.6 Å². The van der Waals surface area contributed by atoms with Crippen LogP contribution in [0.5, 0.6) is 5.75 Å². The summed E-state index contributed by atoms with van der Waals surface area (Å²) in [6.45, 7) is 0. The highest BCUT2D eigenvalue weighted by Gasteiger charge is 2.27. The van der Waals surface area contributed by atoms with Gasteiger partial charge in [0.15, 0.2) is 0 Å². The molecule has 0 fully saturated rings. The first-order valence-electron chi connectivity index (χ1n) is 6.12. The molecule has 110 valence electrons. The summed E-state index contributed by atoms with van der Waals surface area (Å²) in [6.07, 6.45) is 0.192. The summed E-state index contributed by atoms with van der Waals surface area (Å²) in [5, 5.41) is 2.61. The van der Waals surface area contributed by atoms with Crippen LogP contribution >= 0.6 is 11.6 Å². The molecule has 2 aromatic rings. The van der Waals surface area contributed by atoms with Crippen LogP contribution in [0.15, 0.2) is 54.6 Å². The molecule has 1 amide bonds. The van der Waals surface area contributed by atoms with Gasteiger partial charge in [0.25, 0.3) is 0 Å². The second-order valence-electron chi connectivity index (χ2n) is 4.29. The minimum absolute atomic E-state index is 0.132. The lowest BCUT2D eigenvalue weighted by Crippen LogP contribution is -2.17. The Balaban J connectivity index is 1.99. The van der Waals surface area contributed by atoms with Crippen molar-refractivity contribution in [1.29, 1.82) is 0 Å². The molecule has 0 radical (unpaired) electrons. The molecule has 0 saturated carbocycles. The standard InChI is InChI=1S/C15H12ClF2NO2/c16-15(17,18)21-13-8-4-7-12(10-13)19-14(20)9-11-5-2-1-3-6-11/h1-8,10H,9H2,(H,19,20). The third-order valence-electron chi connectivity index (χ3n) is 2.56. The summed E-state index contributed by atoms with van der Waals surface area (Å²) in [7, 11) is 0. The summed E-state index contributed by atoms with van der Waals surface area (Å²) in [4.78, 5) is 11.9. The van der Waals surface area contributed by atoms with Crippen molar-refractivity contribution in [2.45, 2.75) is 12.0 Å². The molecule has 0 aromatic heterocycles. The molecular formula is C15H12ClF2NO2. The van der Waals surface area contributed by atoms with E-state index in [4.69, 9.17) is 11.6 Å². The maximum absolute atomic E-state index is 12.5. The maximum Gasteiger partial charge on any atom is 0.487 e. The average molecular weight is 312 g/mol. The number of rotatable bonds is 5. The summed E-state index contributed by atoms with van der Waals surface area (Å²) in [6, 6.07) is 14.8. The summed E-state index contributed by atoms with van der Waals surface area (Å²) in [5.41, 5.74) is -2.57. The lowest BCUT2D eigenvalue weighted by Gasteiger charge is -2.12. The molecule has 0 heterocycles. The van der Waals surface area contributed by atoms with E-state index < -0.39 is 5.57 Å². The predicted molar refractivity (Wildman–Crippen MR) is 76.6 cm³/mol. The maximum atomic E-state index is 12.5. The van der Waals surface area contributed by atoms with Crippen LogP contribution in [-0.2, 0) is 11.2 Å². The SMILES string of the molecule is O=C(Cc1ccccc1)Nc1cccc(OC(F)(F)Cl)c1. The van der Waals surface area contributed by atoms with Crippen LogP contribution in [0, 0.1) is 0 Å². The van der Waals surface area contributed by atoms with Crippen molar-refractivity contribution >= 4 is 23.2 Å². The molecule has 21 heavy (non-hydrogen) atoms.